The number of para-hydroxylation sites is 2. The number of methoxy groups -OCH3 is 1. The van der Waals surface area contributed by atoms with Crippen LogP contribution in [0, 0.1) is 0 Å². The number of carbonyl (C=O) groups excluding carboxylic acids is 2. The number of aromatic nitrogens is 2. The molecule has 4 rings (SSSR count). The molecule has 1 aliphatic heterocycles. The average molecular weight is 434 g/mol. The van der Waals surface area contributed by atoms with Crippen molar-refractivity contribution in [1.29, 1.82) is 0 Å². The van der Waals surface area contributed by atoms with E-state index in [0.717, 1.165) is 0 Å². The summed E-state index contributed by atoms with van der Waals surface area (Å²) in [5.41, 5.74) is 1.08. The highest BCUT2D eigenvalue weighted by atomic mass is 16.5. The number of nitrogens with zero attached hydrogens (tertiary/aromatic N) is 3. The Hall–Kier alpha value is -3.65. The summed E-state index contributed by atoms with van der Waals surface area (Å²) in [6, 6.07) is 13.7. The van der Waals surface area contributed by atoms with E-state index in [2.05, 4.69) is 10.3 Å². The van der Waals surface area contributed by atoms with Crippen molar-refractivity contribution in [2.45, 2.75) is 19.0 Å². The molecule has 0 saturated carbocycles. The summed E-state index contributed by atoms with van der Waals surface area (Å²) in [7, 11) is 1.58. The summed E-state index contributed by atoms with van der Waals surface area (Å²) < 4.78 is 13.1. The average Bonchev–Trinajstić information content (AvgIpc) is 3.32. The Morgan fingerprint density at radius 2 is 1.91 bits per heavy atom. The fourth-order valence-corrected chi connectivity index (χ4v) is 3.82. The van der Waals surface area contributed by atoms with Crippen molar-refractivity contribution < 1.29 is 19.1 Å². The number of hydrogen-bond donors (Lipinski definition) is 1. The molecule has 32 heavy (non-hydrogen) atoms. The molecule has 0 fully saturated rings. The fourth-order valence-electron chi connectivity index (χ4n) is 3.82. The molecule has 1 atom stereocenters. The Labute approximate surface area is 186 Å². The number of fused-ring (bicyclic) bond motifs is 2. The van der Waals surface area contributed by atoms with Crippen molar-refractivity contribution in [3.63, 3.8) is 0 Å². The van der Waals surface area contributed by atoms with Gasteiger partial charge in [-0.3, -0.25) is 9.59 Å². The highest BCUT2D eigenvalue weighted by molar-refractivity contribution is 6.00. The number of nitrogens with one attached hydrogen (secondary N) is 1. The third-order valence-corrected chi connectivity index (χ3v) is 5.35. The number of carbonyl (C=O) groups is 2. The minimum Gasteiger partial charge on any atom is -0.456 e. The van der Waals surface area contributed by atoms with Crippen molar-refractivity contribution >= 4 is 11.8 Å². The first-order chi connectivity index (χ1) is 15.7. The molecule has 0 saturated heterocycles. The summed E-state index contributed by atoms with van der Waals surface area (Å²) in [6.07, 6.45) is 6.00. The lowest BCUT2D eigenvalue weighted by Crippen LogP contribution is -2.45. The number of rotatable bonds is 8. The van der Waals surface area contributed by atoms with Gasteiger partial charge in [-0.15, -0.1) is 0 Å². The second-order valence-electron chi connectivity index (χ2n) is 7.48. The van der Waals surface area contributed by atoms with Crippen LogP contribution in [0.3, 0.4) is 0 Å². The minimum atomic E-state index is -0.827. The zero-order valence-electron chi connectivity index (χ0n) is 17.9. The largest absolute Gasteiger partial charge is 0.456 e. The smallest absolute Gasteiger partial charge is 0.258 e. The molecule has 8 nitrogen and oxygen atoms in total. The molecule has 1 aliphatic rings. The Kier molecular flexibility index (Phi) is 6.81. The van der Waals surface area contributed by atoms with Gasteiger partial charge in [-0.05, 0) is 24.6 Å². The van der Waals surface area contributed by atoms with Crippen LogP contribution < -0.4 is 10.1 Å². The van der Waals surface area contributed by atoms with Gasteiger partial charge in [0.05, 0.1) is 18.5 Å². The van der Waals surface area contributed by atoms with Gasteiger partial charge in [0, 0.05) is 44.7 Å². The zero-order chi connectivity index (χ0) is 22.3. The SMILES string of the molecule is COCCNC(=O)C1c2ccccc2Oc2ccccc2C(=O)N1CCCn1ccnc1. The molecular formula is C24H26N4O4. The van der Waals surface area contributed by atoms with Gasteiger partial charge >= 0.3 is 0 Å². The summed E-state index contributed by atoms with van der Waals surface area (Å²) >= 11 is 0. The molecule has 2 heterocycles. The van der Waals surface area contributed by atoms with Gasteiger partial charge in [0.1, 0.15) is 17.5 Å². The first-order valence-corrected chi connectivity index (χ1v) is 10.6. The molecule has 0 aliphatic carbocycles. The second-order valence-corrected chi connectivity index (χ2v) is 7.48. The second kappa shape index (κ2) is 10.1. The van der Waals surface area contributed by atoms with E-state index >= 15 is 0 Å². The standard InChI is InChI=1S/C24H26N4O4/c1-31-16-12-26-23(29)22-18-7-2-4-9-20(18)32-21-10-5-3-8-19(21)24(30)28(22)14-6-13-27-15-11-25-17-27/h2-5,7-11,15,17,22H,6,12-14,16H2,1H3,(H,26,29). The van der Waals surface area contributed by atoms with Gasteiger partial charge in [0.25, 0.3) is 5.91 Å². The third kappa shape index (κ3) is 4.65. The Bertz CT molecular complexity index is 1070. The molecule has 1 unspecified atom stereocenters. The van der Waals surface area contributed by atoms with Gasteiger partial charge in [-0.2, -0.15) is 0 Å². The van der Waals surface area contributed by atoms with Crippen LogP contribution in [0.25, 0.3) is 0 Å². The van der Waals surface area contributed by atoms with E-state index in [1.54, 1.807) is 42.7 Å². The molecule has 0 bridgehead atoms. The Morgan fingerprint density at radius 3 is 2.69 bits per heavy atom. The van der Waals surface area contributed by atoms with Crippen LogP contribution >= 0.6 is 0 Å². The summed E-state index contributed by atoms with van der Waals surface area (Å²) in [4.78, 5) is 32.7. The van der Waals surface area contributed by atoms with Gasteiger partial charge in [-0.25, -0.2) is 4.98 Å². The van der Waals surface area contributed by atoms with Crippen LogP contribution in [0.4, 0.5) is 0 Å². The predicted molar refractivity (Wildman–Crippen MR) is 118 cm³/mol. The molecule has 0 spiro atoms. The Morgan fingerprint density at radius 1 is 1.12 bits per heavy atom. The van der Waals surface area contributed by atoms with Crippen LogP contribution in [0.2, 0.25) is 0 Å². The van der Waals surface area contributed by atoms with Crippen molar-refractivity contribution in [1.82, 2.24) is 19.8 Å². The van der Waals surface area contributed by atoms with E-state index in [4.69, 9.17) is 9.47 Å². The van der Waals surface area contributed by atoms with E-state index in [1.807, 2.05) is 41.1 Å². The van der Waals surface area contributed by atoms with Gasteiger partial charge in [-0.1, -0.05) is 30.3 Å². The number of imidazole rings is 1. The number of aryl methyl sites for hydroxylation is 1. The molecule has 1 aromatic heterocycles. The summed E-state index contributed by atoms with van der Waals surface area (Å²) in [5.74, 6) is 0.517. The topological polar surface area (TPSA) is 85.7 Å². The van der Waals surface area contributed by atoms with E-state index in [0.29, 0.717) is 55.3 Å². The van der Waals surface area contributed by atoms with Gasteiger partial charge in [0.15, 0.2) is 0 Å². The Balaban J connectivity index is 1.71. The monoisotopic (exact) mass is 434 g/mol. The quantitative estimate of drug-likeness (QED) is 0.551. The van der Waals surface area contributed by atoms with Gasteiger partial charge in [0.2, 0.25) is 5.91 Å². The third-order valence-electron chi connectivity index (χ3n) is 5.35. The minimum absolute atomic E-state index is 0.243. The van der Waals surface area contributed by atoms with Crippen LogP contribution in [0.15, 0.2) is 67.3 Å². The van der Waals surface area contributed by atoms with E-state index < -0.39 is 6.04 Å². The molecule has 166 valence electrons. The first-order valence-electron chi connectivity index (χ1n) is 10.6. The van der Waals surface area contributed by atoms with Crippen molar-refractivity contribution in [2.24, 2.45) is 0 Å². The van der Waals surface area contributed by atoms with Crippen molar-refractivity contribution in [3.05, 3.63) is 78.4 Å². The number of ether oxygens (including phenoxy) is 2. The maximum absolute atomic E-state index is 13.7. The zero-order valence-corrected chi connectivity index (χ0v) is 17.9. The van der Waals surface area contributed by atoms with Crippen LogP contribution in [0.5, 0.6) is 11.5 Å². The molecule has 8 heteroatoms. The molecule has 2 aromatic carbocycles. The molecule has 2 amide bonds. The first kappa shape index (κ1) is 21.6. The summed E-state index contributed by atoms with van der Waals surface area (Å²) in [6.45, 7) is 1.81. The maximum Gasteiger partial charge on any atom is 0.258 e. The highest BCUT2D eigenvalue weighted by Gasteiger charge is 2.36. The van der Waals surface area contributed by atoms with Crippen LogP contribution in [-0.4, -0.2) is 53.1 Å². The lowest BCUT2D eigenvalue weighted by Gasteiger charge is -2.34. The molecule has 3 aromatic rings. The van der Waals surface area contributed by atoms with E-state index in [9.17, 15) is 9.59 Å². The number of hydrogen-bond acceptors (Lipinski definition) is 5. The molecular weight excluding hydrogens is 408 g/mol. The summed E-state index contributed by atoms with van der Waals surface area (Å²) in [5, 5.41) is 2.89. The normalized spacial score (nSPS) is 15.2. The van der Waals surface area contributed by atoms with Crippen LogP contribution in [-0.2, 0) is 16.1 Å². The number of amides is 2. The number of benzene rings is 2. The molecule has 1 N–H and O–H groups in total. The van der Waals surface area contributed by atoms with E-state index in [-0.39, 0.29) is 11.8 Å². The van der Waals surface area contributed by atoms with Crippen molar-refractivity contribution in [2.75, 3.05) is 26.8 Å². The van der Waals surface area contributed by atoms with Crippen molar-refractivity contribution in [3.8, 4) is 11.5 Å². The lowest BCUT2D eigenvalue weighted by molar-refractivity contribution is -0.126. The van der Waals surface area contributed by atoms with Crippen LogP contribution in [0.1, 0.15) is 28.4 Å². The van der Waals surface area contributed by atoms with E-state index in [1.165, 1.54) is 0 Å². The highest BCUT2D eigenvalue weighted by Crippen LogP contribution is 2.38. The lowest BCUT2D eigenvalue weighted by atomic mass is 9.99. The predicted octanol–water partition coefficient (Wildman–Crippen LogP) is 3.03. The van der Waals surface area contributed by atoms with Gasteiger partial charge < -0.3 is 24.3 Å². The maximum atomic E-state index is 13.7. The molecule has 0 radical (unpaired) electrons. The fraction of sp³-hybridized carbons (Fsp3) is 0.292.